The second kappa shape index (κ2) is 7.27. The molecular weight excluding hydrogens is 262 g/mol. The molecule has 1 aromatic carbocycles. The largest absolute Gasteiger partial charge is 0.399 e. The molecule has 0 atom stereocenters. The summed E-state index contributed by atoms with van der Waals surface area (Å²) >= 11 is 0. The number of carbonyl (C=O) groups is 1. The van der Waals surface area contributed by atoms with Crippen LogP contribution in [0.15, 0.2) is 30.3 Å². The van der Waals surface area contributed by atoms with Crippen molar-refractivity contribution in [2.45, 2.75) is 12.8 Å². The van der Waals surface area contributed by atoms with Crippen LogP contribution in [0.5, 0.6) is 0 Å². The van der Waals surface area contributed by atoms with Gasteiger partial charge in [0, 0.05) is 25.4 Å². The van der Waals surface area contributed by atoms with E-state index in [1.165, 1.54) is 12.8 Å². The molecule has 21 heavy (non-hydrogen) atoms. The third-order valence-corrected chi connectivity index (χ3v) is 4.10. The van der Waals surface area contributed by atoms with Crippen LogP contribution in [0, 0.1) is 5.92 Å². The van der Waals surface area contributed by atoms with Gasteiger partial charge in [-0.15, -0.1) is 0 Å². The minimum atomic E-state index is 0.0609. The van der Waals surface area contributed by atoms with Gasteiger partial charge in [0.15, 0.2) is 0 Å². The average Bonchev–Trinajstić information content (AvgIpc) is 2.48. The van der Waals surface area contributed by atoms with Gasteiger partial charge in [-0.05, 0) is 62.7 Å². The highest BCUT2D eigenvalue weighted by Gasteiger charge is 2.19. The van der Waals surface area contributed by atoms with Gasteiger partial charge in [-0.2, -0.15) is 0 Å². The molecule has 4 heteroatoms. The first kappa shape index (κ1) is 15.6. The van der Waals surface area contributed by atoms with Crippen molar-refractivity contribution >= 4 is 17.7 Å². The zero-order valence-electron chi connectivity index (χ0n) is 13.0. The van der Waals surface area contributed by atoms with E-state index in [0.717, 1.165) is 30.9 Å². The van der Waals surface area contributed by atoms with Crippen LogP contribution in [0.2, 0.25) is 0 Å². The second-order valence-corrected chi connectivity index (χ2v) is 5.97. The lowest BCUT2D eigenvalue weighted by atomic mass is 9.96. The predicted octanol–water partition coefficient (Wildman–Crippen LogP) is 2.08. The van der Waals surface area contributed by atoms with Crippen molar-refractivity contribution in [3.8, 4) is 0 Å². The Balaban J connectivity index is 1.83. The molecule has 0 aromatic heterocycles. The van der Waals surface area contributed by atoms with E-state index >= 15 is 0 Å². The lowest BCUT2D eigenvalue weighted by molar-refractivity contribution is -0.125. The second-order valence-electron chi connectivity index (χ2n) is 5.97. The van der Waals surface area contributed by atoms with Crippen LogP contribution >= 0.6 is 0 Å². The zero-order chi connectivity index (χ0) is 15.2. The molecular formula is C17H25N3O. The van der Waals surface area contributed by atoms with E-state index in [1.54, 1.807) is 6.08 Å². The molecule has 1 aliphatic heterocycles. The highest BCUT2D eigenvalue weighted by Crippen LogP contribution is 2.17. The third kappa shape index (κ3) is 4.90. The summed E-state index contributed by atoms with van der Waals surface area (Å²) in [6.45, 7) is 3.11. The van der Waals surface area contributed by atoms with Crippen molar-refractivity contribution in [1.29, 1.82) is 0 Å². The van der Waals surface area contributed by atoms with E-state index in [1.807, 2.05) is 42.3 Å². The van der Waals surface area contributed by atoms with Crippen molar-refractivity contribution in [2.24, 2.45) is 5.92 Å². The molecule has 1 fully saturated rings. The number of nitrogens with two attached hydrogens (primary N) is 1. The van der Waals surface area contributed by atoms with E-state index in [4.69, 9.17) is 5.73 Å². The van der Waals surface area contributed by atoms with Crippen LogP contribution in [0.25, 0.3) is 6.08 Å². The number of hydrogen-bond donors (Lipinski definition) is 1. The Hall–Kier alpha value is -1.81. The average molecular weight is 287 g/mol. The number of hydrogen-bond acceptors (Lipinski definition) is 3. The Morgan fingerprint density at radius 1 is 1.33 bits per heavy atom. The Kier molecular flexibility index (Phi) is 5.39. The molecule has 1 aromatic rings. The van der Waals surface area contributed by atoms with Crippen molar-refractivity contribution in [3.63, 3.8) is 0 Å². The fourth-order valence-electron chi connectivity index (χ4n) is 2.62. The minimum Gasteiger partial charge on any atom is -0.399 e. The smallest absolute Gasteiger partial charge is 0.246 e. The number of piperidine rings is 1. The maximum Gasteiger partial charge on any atom is 0.246 e. The molecule has 2 N–H and O–H groups in total. The first-order chi connectivity index (χ1) is 10.0. The molecule has 0 saturated carbocycles. The summed E-state index contributed by atoms with van der Waals surface area (Å²) in [5.74, 6) is 0.686. The molecule has 0 bridgehead atoms. The molecule has 114 valence electrons. The summed E-state index contributed by atoms with van der Waals surface area (Å²) in [5.41, 5.74) is 7.37. The molecule has 2 rings (SSSR count). The number of amides is 1. The fraction of sp³-hybridized carbons (Fsp3) is 0.471. The maximum absolute atomic E-state index is 12.1. The number of benzene rings is 1. The van der Waals surface area contributed by atoms with Gasteiger partial charge in [-0.3, -0.25) is 4.79 Å². The summed E-state index contributed by atoms with van der Waals surface area (Å²) < 4.78 is 0. The molecule has 1 saturated heterocycles. The number of likely N-dealkylation sites (N-methyl/N-ethyl adjacent to an activating group) is 1. The van der Waals surface area contributed by atoms with E-state index in [9.17, 15) is 4.79 Å². The molecule has 0 aliphatic carbocycles. The van der Waals surface area contributed by atoms with Gasteiger partial charge in [-0.1, -0.05) is 12.1 Å². The quantitative estimate of drug-likeness (QED) is 0.681. The van der Waals surface area contributed by atoms with Crippen LogP contribution in [0.4, 0.5) is 5.69 Å². The Morgan fingerprint density at radius 3 is 2.57 bits per heavy atom. The molecule has 1 amide bonds. The third-order valence-electron chi connectivity index (χ3n) is 4.10. The van der Waals surface area contributed by atoms with Crippen molar-refractivity contribution in [2.75, 3.05) is 39.5 Å². The molecule has 0 unspecified atom stereocenters. The molecule has 0 radical (unpaired) electrons. The summed E-state index contributed by atoms with van der Waals surface area (Å²) in [6, 6.07) is 7.50. The lowest BCUT2D eigenvalue weighted by Gasteiger charge is -2.31. The number of carbonyl (C=O) groups excluding carboxylic acids is 1. The number of rotatable bonds is 4. The Labute approximate surface area is 127 Å². The van der Waals surface area contributed by atoms with Crippen LogP contribution in [-0.2, 0) is 4.79 Å². The van der Waals surface area contributed by atoms with Crippen LogP contribution in [-0.4, -0.2) is 49.4 Å². The van der Waals surface area contributed by atoms with Crippen LogP contribution in [0.1, 0.15) is 18.4 Å². The van der Waals surface area contributed by atoms with Crippen molar-refractivity contribution in [1.82, 2.24) is 9.80 Å². The molecule has 1 aliphatic rings. The topological polar surface area (TPSA) is 49.6 Å². The van der Waals surface area contributed by atoms with E-state index in [2.05, 4.69) is 11.9 Å². The molecule has 0 spiro atoms. The molecule has 4 nitrogen and oxygen atoms in total. The fourth-order valence-corrected chi connectivity index (χ4v) is 2.62. The maximum atomic E-state index is 12.1. The van der Waals surface area contributed by atoms with Crippen molar-refractivity contribution < 1.29 is 4.79 Å². The molecule has 1 heterocycles. The number of nitrogen functional groups attached to an aromatic ring is 1. The first-order valence-corrected chi connectivity index (χ1v) is 7.52. The number of likely N-dealkylation sites (tertiary alicyclic amines) is 1. The van der Waals surface area contributed by atoms with E-state index in [-0.39, 0.29) is 5.91 Å². The minimum absolute atomic E-state index is 0.0609. The normalized spacial score (nSPS) is 17.2. The van der Waals surface area contributed by atoms with Gasteiger partial charge >= 0.3 is 0 Å². The SMILES string of the molecule is CN1CCC(CN(C)C(=O)/C=C/c2ccc(N)cc2)CC1. The Morgan fingerprint density at radius 2 is 1.95 bits per heavy atom. The van der Waals surface area contributed by atoms with Crippen molar-refractivity contribution in [3.05, 3.63) is 35.9 Å². The van der Waals surface area contributed by atoms with Gasteiger partial charge in [0.05, 0.1) is 0 Å². The number of nitrogens with zero attached hydrogens (tertiary/aromatic N) is 2. The highest BCUT2D eigenvalue weighted by molar-refractivity contribution is 5.91. The van der Waals surface area contributed by atoms with Gasteiger partial charge in [0.2, 0.25) is 5.91 Å². The van der Waals surface area contributed by atoms with E-state index in [0.29, 0.717) is 5.92 Å². The highest BCUT2D eigenvalue weighted by atomic mass is 16.2. The van der Waals surface area contributed by atoms with Gasteiger partial charge < -0.3 is 15.5 Å². The predicted molar refractivity (Wildman–Crippen MR) is 87.7 cm³/mol. The lowest BCUT2D eigenvalue weighted by Crippen LogP contribution is -2.37. The zero-order valence-corrected chi connectivity index (χ0v) is 13.0. The summed E-state index contributed by atoms with van der Waals surface area (Å²) in [4.78, 5) is 16.3. The van der Waals surface area contributed by atoms with Crippen LogP contribution < -0.4 is 5.73 Å². The van der Waals surface area contributed by atoms with Crippen LogP contribution in [0.3, 0.4) is 0 Å². The summed E-state index contributed by atoms with van der Waals surface area (Å²) in [7, 11) is 4.04. The monoisotopic (exact) mass is 287 g/mol. The Bertz CT molecular complexity index is 487. The number of anilines is 1. The van der Waals surface area contributed by atoms with E-state index < -0.39 is 0 Å². The summed E-state index contributed by atoms with van der Waals surface area (Å²) in [6.07, 6.45) is 5.83. The van der Waals surface area contributed by atoms with Gasteiger partial charge in [0.1, 0.15) is 0 Å². The first-order valence-electron chi connectivity index (χ1n) is 7.52. The van der Waals surface area contributed by atoms with Gasteiger partial charge in [0.25, 0.3) is 0 Å². The standard InChI is InChI=1S/C17H25N3O/c1-19-11-9-15(10-12-19)13-20(2)17(21)8-5-14-3-6-16(18)7-4-14/h3-8,15H,9-13,18H2,1-2H3/b8-5+. The summed E-state index contributed by atoms with van der Waals surface area (Å²) in [5, 5.41) is 0. The van der Waals surface area contributed by atoms with Gasteiger partial charge in [-0.25, -0.2) is 0 Å².